The first kappa shape index (κ1) is 53.4. The van der Waals surface area contributed by atoms with Crippen molar-refractivity contribution >= 4 is 43.1 Å². The Morgan fingerprint density at radius 3 is 0.681 bits per heavy atom. The van der Waals surface area contributed by atoms with Crippen LogP contribution in [0.4, 0.5) is 0 Å². The lowest BCUT2D eigenvalue weighted by Gasteiger charge is -2.36. The lowest BCUT2D eigenvalue weighted by Crippen LogP contribution is -2.29. The van der Waals surface area contributed by atoms with Gasteiger partial charge in [-0.05, 0) is 216 Å². The molecule has 17 rings (SSSR count). The highest BCUT2D eigenvalue weighted by Gasteiger charge is 2.47. The molecule has 1 aliphatic rings. The molecule has 1 aliphatic carbocycles. The standard InChI is InChI=1S/C89H58O2/c90-87-81(73-29-13-25-65(49-73)69-41-37-57-17-1-5-21-61(57)45-69)53-77(54-82(87)74-30-14-26-66(50-74)70-42-38-58-18-2-6-22-62(58)46-70)89(85-35-11-9-33-79(85)80-34-10-12-36-86(80)89)78-55-83(75-31-15-27-67(51-75)71-43-39-59-19-3-7-23-63(59)47-71)88(91)84(56-78)76-32-16-28-68(52-76)72-44-40-60-20-4-8-24-64(60)48-72/h1-56,90-91H. The van der Waals surface area contributed by atoms with Crippen molar-refractivity contribution in [1.82, 2.24) is 0 Å². The number of hydrogen-bond donors (Lipinski definition) is 2. The van der Waals surface area contributed by atoms with Gasteiger partial charge < -0.3 is 10.2 Å². The van der Waals surface area contributed by atoms with Gasteiger partial charge in [-0.1, -0.05) is 267 Å². The third-order valence-corrected chi connectivity index (χ3v) is 19.1. The van der Waals surface area contributed by atoms with Crippen molar-refractivity contribution in [2.75, 3.05) is 0 Å². The van der Waals surface area contributed by atoms with E-state index in [2.05, 4.69) is 340 Å². The van der Waals surface area contributed by atoms with E-state index in [1.807, 2.05) is 0 Å². The first-order chi connectivity index (χ1) is 44.9. The van der Waals surface area contributed by atoms with Crippen LogP contribution in [0.5, 0.6) is 11.5 Å². The molecule has 0 saturated carbocycles. The highest BCUT2D eigenvalue weighted by Crippen LogP contribution is 2.60. The molecule has 0 radical (unpaired) electrons. The van der Waals surface area contributed by atoms with E-state index in [9.17, 15) is 10.2 Å². The molecule has 16 aromatic rings. The van der Waals surface area contributed by atoms with E-state index < -0.39 is 5.41 Å². The van der Waals surface area contributed by atoms with Gasteiger partial charge in [-0.2, -0.15) is 0 Å². The molecule has 2 heteroatoms. The fourth-order valence-electron chi connectivity index (χ4n) is 14.5. The molecule has 2 N–H and O–H groups in total. The second-order valence-corrected chi connectivity index (χ2v) is 24.3. The molecule has 0 amide bonds. The Bertz CT molecular complexity index is 4960. The molecule has 2 nitrogen and oxygen atoms in total. The Morgan fingerprint density at radius 1 is 0.165 bits per heavy atom. The van der Waals surface area contributed by atoms with Gasteiger partial charge in [0.05, 0.1) is 5.41 Å². The van der Waals surface area contributed by atoms with E-state index in [1.165, 1.54) is 21.5 Å². The molecule has 0 spiro atoms. The topological polar surface area (TPSA) is 40.5 Å². The summed E-state index contributed by atoms with van der Waals surface area (Å²) in [4.78, 5) is 0. The monoisotopic (exact) mass is 1160 g/mol. The molecule has 91 heavy (non-hydrogen) atoms. The second kappa shape index (κ2) is 21.8. The van der Waals surface area contributed by atoms with Crippen LogP contribution in [-0.2, 0) is 5.41 Å². The lowest BCUT2D eigenvalue weighted by atomic mass is 9.66. The molecule has 0 heterocycles. The Morgan fingerprint density at radius 2 is 0.396 bits per heavy atom. The molecule has 0 bridgehead atoms. The van der Waals surface area contributed by atoms with Crippen LogP contribution in [0.25, 0.3) is 143 Å². The normalized spacial score (nSPS) is 12.4. The van der Waals surface area contributed by atoms with Gasteiger partial charge in [0.2, 0.25) is 0 Å². The van der Waals surface area contributed by atoms with Crippen molar-refractivity contribution in [1.29, 1.82) is 0 Å². The molecule has 16 aromatic carbocycles. The molecule has 0 aromatic heterocycles. The highest BCUT2D eigenvalue weighted by atomic mass is 16.3. The summed E-state index contributed by atoms with van der Waals surface area (Å²) in [6, 6.07) is 122. The molecule has 0 fully saturated rings. The van der Waals surface area contributed by atoms with Crippen LogP contribution in [0.15, 0.2) is 340 Å². The number of benzene rings is 16. The second-order valence-electron chi connectivity index (χ2n) is 24.3. The zero-order valence-corrected chi connectivity index (χ0v) is 49.7. The third kappa shape index (κ3) is 9.19. The van der Waals surface area contributed by atoms with E-state index in [0.717, 1.165) is 122 Å². The van der Waals surface area contributed by atoms with E-state index in [-0.39, 0.29) is 11.5 Å². The minimum Gasteiger partial charge on any atom is -0.507 e. The van der Waals surface area contributed by atoms with Gasteiger partial charge in [-0.3, -0.25) is 0 Å². The fourth-order valence-corrected chi connectivity index (χ4v) is 14.5. The highest BCUT2D eigenvalue weighted by molar-refractivity contribution is 5.97. The molecule has 0 atom stereocenters. The van der Waals surface area contributed by atoms with E-state index in [0.29, 0.717) is 22.3 Å². The van der Waals surface area contributed by atoms with Crippen LogP contribution in [0, 0.1) is 0 Å². The third-order valence-electron chi connectivity index (χ3n) is 19.1. The van der Waals surface area contributed by atoms with Crippen molar-refractivity contribution in [3.05, 3.63) is 362 Å². The molecular formula is C89H58O2. The largest absolute Gasteiger partial charge is 0.507 e. The molecule has 426 valence electrons. The maximum Gasteiger partial charge on any atom is 0.131 e. The number of phenols is 2. The van der Waals surface area contributed by atoms with Gasteiger partial charge >= 0.3 is 0 Å². The van der Waals surface area contributed by atoms with Crippen molar-refractivity contribution < 1.29 is 10.2 Å². The van der Waals surface area contributed by atoms with Crippen molar-refractivity contribution in [3.8, 4) is 112 Å². The van der Waals surface area contributed by atoms with Crippen LogP contribution in [0.2, 0.25) is 0 Å². The van der Waals surface area contributed by atoms with Gasteiger partial charge in [0.25, 0.3) is 0 Å². The predicted molar refractivity (Wildman–Crippen MR) is 381 cm³/mol. The summed E-state index contributed by atoms with van der Waals surface area (Å²) in [6.07, 6.45) is 0. The van der Waals surface area contributed by atoms with Gasteiger partial charge in [0.15, 0.2) is 0 Å². The Kier molecular flexibility index (Phi) is 12.8. The minimum absolute atomic E-state index is 0.188. The number of rotatable bonds is 10. The maximum absolute atomic E-state index is 13.5. The van der Waals surface area contributed by atoms with Gasteiger partial charge in [-0.15, -0.1) is 0 Å². The summed E-state index contributed by atoms with van der Waals surface area (Å²) in [5.41, 5.74) is 20.3. The average molecular weight is 1160 g/mol. The predicted octanol–water partition coefficient (Wildman–Crippen LogP) is 23.4. The molecule has 0 saturated heterocycles. The van der Waals surface area contributed by atoms with E-state index >= 15 is 0 Å². The zero-order chi connectivity index (χ0) is 60.6. The van der Waals surface area contributed by atoms with Crippen LogP contribution in [-0.4, -0.2) is 10.2 Å². The Balaban J connectivity index is 0.946. The Labute approximate surface area is 529 Å². The first-order valence-electron chi connectivity index (χ1n) is 31.2. The van der Waals surface area contributed by atoms with Crippen molar-refractivity contribution in [3.63, 3.8) is 0 Å². The van der Waals surface area contributed by atoms with Gasteiger partial charge in [-0.25, -0.2) is 0 Å². The number of aromatic hydroxyl groups is 2. The Hall–Kier alpha value is -11.8. The number of fused-ring (bicyclic) bond motifs is 7. The molecule has 0 unspecified atom stereocenters. The quantitative estimate of drug-likeness (QED) is 0.143. The number of phenolic OH excluding ortho intramolecular Hbond substituents is 2. The maximum atomic E-state index is 13.5. The van der Waals surface area contributed by atoms with Crippen LogP contribution in [0.1, 0.15) is 22.3 Å². The van der Waals surface area contributed by atoms with Gasteiger partial charge in [0.1, 0.15) is 11.5 Å². The average Bonchev–Trinajstić information content (AvgIpc) is 1.59. The van der Waals surface area contributed by atoms with Crippen molar-refractivity contribution in [2.24, 2.45) is 0 Å². The minimum atomic E-state index is -1.03. The van der Waals surface area contributed by atoms with E-state index in [4.69, 9.17) is 0 Å². The summed E-state index contributed by atoms with van der Waals surface area (Å²) in [5.74, 6) is 0.376. The van der Waals surface area contributed by atoms with Crippen LogP contribution < -0.4 is 0 Å². The number of hydrogen-bond acceptors (Lipinski definition) is 2. The SMILES string of the molecule is Oc1c(-c2cccc(-c3ccc4ccccc4c3)c2)cc(C2(c3cc(-c4cccc(-c5ccc6ccccc6c5)c4)c(O)c(-c4cccc(-c5ccc6ccccc6c5)c4)c3)c3ccccc3-c3ccccc32)cc1-c1cccc(-c2ccc3ccccc3c2)c1. The smallest absolute Gasteiger partial charge is 0.131 e. The summed E-state index contributed by atoms with van der Waals surface area (Å²) < 4.78 is 0. The first-order valence-corrected chi connectivity index (χ1v) is 31.2. The lowest BCUT2D eigenvalue weighted by molar-refractivity contribution is 0.479. The van der Waals surface area contributed by atoms with E-state index in [1.54, 1.807) is 0 Å². The zero-order valence-electron chi connectivity index (χ0n) is 49.7. The van der Waals surface area contributed by atoms with Crippen LogP contribution >= 0.6 is 0 Å². The summed E-state index contributed by atoms with van der Waals surface area (Å²) >= 11 is 0. The van der Waals surface area contributed by atoms with Crippen LogP contribution in [0.3, 0.4) is 0 Å². The molecule has 0 aliphatic heterocycles. The summed E-state index contributed by atoms with van der Waals surface area (Å²) in [7, 11) is 0. The summed E-state index contributed by atoms with van der Waals surface area (Å²) in [5, 5.41) is 36.3. The molecular weight excluding hydrogens is 1100 g/mol. The summed E-state index contributed by atoms with van der Waals surface area (Å²) in [6.45, 7) is 0. The fraction of sp³-hybridized carbons (Fsp3) is 0.0112. The van der Waals surface area contributed by atoms with Crippen molar-refractivity contribution in [2.45, 2.75) is 5.41 Å². The van der Waals surface area contributed by atoms with Gasteiger partial charge in [0, 0.05) is 22.3 Å².